The lowest BCUT2D eigenvalue weighted by Gasteiger charge is -2.27. The maximum Gasteiger partial charge on any atom is 0.102 e. The monoisotopic (exact) mass is 219 g/mol. The van der Waals surface area contributed by atoms with Crippen LogP contribution in [0.1, 0.15) is 24.5 Å². The molecule has 1 aliphatic heterocycles. The summed E-state index contributed by atoms with van der Waals surface area (Å²) in [5, 5.41) is 19.4. The number of rotatable bonds is 1. The van der Waals surface area contributed by atoms with Gasteiger partial charge in [0.05, 0.1) is 11.6 Å². The zero-order valence-corrected chi connectivity index (χ0v) is 9.42. The Morgan fingerprint density at radius 1 is 1.47 bits per heavy atom. The molecule has 1 aromatic carbocycles. The Bertz CT molecular complexity index is 395. The van der Waals surface area contributed by atoms with Crippen molar-refractivity contribution in [2.24, 2.45) is 0 Å². The van der Waals surface area contributed by atoms with Gasteiger partial charge in [-0.1, -0.05) is 19.1 Å². The predicted molar refractivity (Wildman–Crippen MR) is 61.6 cm³/mol. The Morgan fingerprint density at radius 3 is 2.60 bits per heavy atom. The van der Waals surface area contributed by atoms with Crippen molar-refractivity contribution >= 4 is 11.8 Å². The molecule has 1 heterocycles. The molecule has 0 aromatic heterocycles. The van der Waals surface area contributed by atoms with E-state index in [9.17, 15) is 5.11 Å². The molecule has 3 heteroatoms. The van der Waals surface area contributed by atoms with Crippen molar-refractivity contribution in [3.8, 4) is 6.07 Å². The highest BCUT2D eigenvalue weighted by Gasteiger charge is 2.40. The van der Waals surface area contributed by atoms with Gasteiger partial charge in [-0.15, -0.1) is 0 Å². The van der Waals surface area contributed by atoms with Gasteiger partial charge in [-0.05, 0) is 29.9 Å². The first-order valence-corrected chi connectivity index (χ1v) is 6.06. The zero-order valence-electron chi connectivity index (χ0n) is 8.60. The minimum absolute atomic E-state index is 0.227. The molecule has 78 valence electrons. The van der Waals surface area contributed by atoms with E-state index in [1.54, 1.807) is 23.9 Å². The summed E-state index contributed by atoms with van der Waals surface area (Å²) in [5.74, 6) is 0.998. The van der Waals surface area contributed by atoms with E-state index in [1.165, 1.54) is 0 Å². The van der Waals surface area contributed by atoms with Gasteiger partial charge in [0.2, 0.25) is 0 Å². The molecule has 15 heavy (non-hydrogen) atoms. The van der Waals surface area contributed by atoms with Crippen LogP contribution in [-0.2, 0) is 5.60 Å². The minimum Gasteiger partial charge on any atom is -0.384 e. The number of hydrogen-bond acceptors (Lipinski definition) is 3. The first-order chi connectivity index (χ1) is 7.16. The lowest BCUT2D eigenvalue weighted by molar-refractivity contribution is 0.0427. The quantitative estimate of drug-likeness (QED) is 0.788. The van der Waals surface area contributed by atoms with Gasteiger partial charge in [0, 0.05) is 5.25 Å². The molecule has 2 rings (SSSR count). The van der Waals surface area contributed by atoms with Crippen molar-refractivity contribution in [3.05, 3.63) is 35.4 Å². The molecule has 1 aromatic rings. The van der Waals surface area contributed by atoms with Crippen LogP contribution in [0.3, 0.4) is 0 Å². The van der Waals surface area contributed by atoms with E-state index in [0.717, 1.165) is 17.7 Å². The molecule has 0 bridgehead atoms. The Labute approximate surface area is 93.9 Å². The van der Waals surface area contributed by atoms with E-state index >= 15 is 0 Å². The van der Waals surface area contributed by atoms with Crippen molar-refractivity contribution in [3.63, 3.8) is 0 Å². The standard InChI is InChI=1S/C12H13NOS/c1-9-12(14,6-7-15-9)11-4-2-10(8-13)3-5-11/h2-5,9,14H,6-7H2,1H3/t9-,12+/m1/s1. The average Bonchev–Trinajstić information content (AvgIpc) is 2.61. The first kappa shape index (κ1) is 10.5. The second-order valence-electron chi connectivity index (χ2n) is 3.88. The van der Waals surface area contributed by atoms with E-state index in [1.807, 2.05) is 12.1 Å². The van der Waals surface area contributed by atoms with Crippen molar-refractivity contribution in [1.82, 2.24) is 0 Å². The van der Waals surface area contributed by atoms with Gasteiger partial charge < -0.3 is 5.11 Å². The molecule has 1 saturated heterocycles. The van der Waals surface area contributed by atoms with Gasteiger partial charge in [0.15, 0.2) is 0 Å². The van der Waals surface area contributed by atoms with E-state index in [-0.39, 0.29) is 5.25 Å². The maximum absolute atomic E-state index is 10.5. The van der Waals surface area contributed by atoms with E-state index in [0.29, 0.717) is 5.56 Å². The summed E-state index contributed by atoms with van der Waals surface area (Å²) in [6.07, 6.45) is 0.796. The van der Waals surface area contributed by atoms with E-state index < -0.39 is 5.60 Å². The fourth-order valence-electron chi connectivity index (χ4n) is 1.94. The van der Waals surface area contributed by atoms with Crippen molar-refractivity contribution < 1.29 is 5.11 Å². The highest BCUT2D eigenvalue weighted by atomic mass is 32.2. The third-order valence-electron chi connectivity index (χ3n) is 3.04. The summed E-state index contributed by atoms with van der Waals surface area (Å²) < 4.78 is 0. The first-order valence-electron chi connectivity index (χ1n) is 5.01. The number of thioether (sulfide) groups is 1. The molecule has 0 unspecified atom stereocenters. The van der Waals surface area contributed by atoms with Crippen LogP contribution in [0, 0.1) is 11.3 Å². The van der Waals surface area contributed by atoms with Crippen LogP contribution in [0.15, 0.2) is 24.3 Å². The number of aliphatic hydroxyl groups is 1. The smallest absolute Gasteiger partial charge is 0.102 e. The molecule has 0 radical (unpaired) electrons. The van der Waals surface area contributed by atoms with E-state index in [4.69, 9.17) is 5.26 Å². The molecule has 2 nitrogen and oxygen atoms in total. The SMILES string of the molecule is C[C@H]1SCC[C@@]1(O)c1ccc(C#N)cc1. The van der Waals surface area contributed by atoms with Crippen LogP contribution in [-0.4, -0.2) is 16.1 Å². The van der Waals surface area contributed by atoms with Crippen LogP contribution >= 0.6 is 11.8 Å². The third kappa shape index (κ3) is 1.75. The van der Waals surface area contributed by atoms with Crippen LogP contribution < -0.4 is 0 Å². The van der Waals surface area contributed by atoms with Crippen molar-refractivity contribution in [2.45, 2.75) is 24.2 Å². The van der Waals surface area contributed by atoms with Gasteiger partial charge in [-0.2, -0.15) is 17.0 Å². The Morgan fingerprint density at radius 2 is 2.13 bits per heavy atom. The molecular weight excluding hydrogens is 206 g/mol. The highest BCUT2D eigenvalue weighted by Crippen LogP contribution is 2.42. The topological polar surface area (TPSA) is 44.0 Å². The molecule has 1 N–H and O–H groups in total. The molecule has 0 spiro atoms. The number of nitrogens with zero attached hydrogens (tertiary/aromatic N) is 1. The van der Waals surface area contributed by atoms with Crippen molar-refractivity contribution in [2.75, 3.05) is 5.75 Å². The fraction of sp³-hybridized carbons (Fsp3) is 0.417. The Hall–Kier alpha value is -0.980. The third-order valence-corrected chi connectivity index (χ3v) is 4.37. The highest BCUT2D eigenvalue weighted by molar-refractivity contribution is 8.00. The number of nitriles is 1. The van der Waals surface area contributed by atoms with Crippen LogP contribution in [0.4, 0.5) is 0 Å². The summed E-state index contributed by atoms with van der Waals surface area (Å²) >= 11 is 1.79. The maximum atomic E-state index is 10.5. The fourth-order valence-corrected chi connectivity index (χ4v) is 3.26. The second-order valence-corrected chi connectivity index (χ2v) is 5.33. The summed E-state index contributed by atoms with van der Waals surface area (Å²) in [7, 11) is 0. The summed E-state index contributed by atoms with van der Waals surface area (Å²) in [4.78, 5) is 0. The molecule has 0 saturated carbocycles. The summed E-state index contributed by atoms with van der Waals surface area (Å²) in [6.45, 7) is 2.05. The normalized spacial score (nSPS) is 30.1. The summed E-state index contributed by atoms with van der Waals surface area (Å²) in [5.41, 5.74) is 0.859. The predicted octanol–water partition coefficient (Wildman–Crippen LogP) is 2.27. The van der Waals surface area contributed by atoms with Gasteiger partial charge in [0.25, 0.3) is 0 Å². The Kier molecular flexibility index (Phi) is 2.72. The van der Waals surface area contributed by atoms with Gasteiger partial charge >= 0.3 is 0 Å². The summed E-state index contributed by atoms with van der Waals surface area (Å²) in [6, 6.07) is 9.34. The second kappa shape index (κ2) is 3.88. The van der Waals surface area contributed by atoms with Gasteiger partial charge in [-0.25, -0.2) is 0 Å². The van der Waals surface area contributed by atoms with Gasteiger partial charge in [-0.3, -0.25) is 0 Å². The number of hydrogen-bond donors (Lipinski definition) is 1. The largest absolute Gasteiger partial charge is 0.384 e. The molecule has 0 aliphatic carbocycles. The molecule has 1 aliphatic rings. The van der Waals surface area contributed by atoms with Crippen molar-refractivity contribution in [1.29, 1.82) is 5.26 Å². The minimum atomic E-state index is -0.710. The molecule has 2 atom stereocenters. The van der Waals surface area contributed by atoms with Crippen LogP contribution in [0.25, 0.3) is 0 Å². The molecular formula is C12H13NOS. The zero-order chi connectivity index (χ0) is 10.9. The van der Waals surface area contributed by atoms with Gasteiger partial charge in [0.1, 0.15) is 5.60 Å². The van der Waals surface area contributed by atoms with Crippen LogP contribution in [0.5, 0.6) is 0 Å². The molecule has 1 fully saturated rings. The van der Waals surface area contributed by atoms with E-state index in [2.05, 4.69) is 13.0 Å². The molecule has 0 amide bonds. The lowest BCUT2D eigenvalue weighted by Crippen LogP contribution is -2.31. The Balaban J connectivity index is 2.33. The lowest BCUT2D eigenvalue weighted by atomic mass is 9.88. The number of benzene rings is 1. The average molecular weight is 219 g/mol. The van der Waals surface area contributed by atoms with Crippen LogP contribution in [0.2, 0.25) is 0 Å².